The maximum absolute atomic E-state index is 5.65. The van der Waals surface area contributed by atoms with Crippen LogP contribution in [0.5, 0.6) is 5.75 Å². The molecule has 0 spiro atoms. The minimum absolute atomic E-state index is 0.730. The van der Waals surface area contributed by atoms with E-state index in [9.17, 15) is 0 Å². The van der Waals surface area contributed by atoms with Crippen molar-refractivity contribution < 1.29 is 9.64 Å². The van der Waals surface area contributed by atoms with Crippen molar-refractivity contribution in [3.05, 3.63) is 60.2 Å². The molecule has 0 fully saturated rings. The number of benzene rings is 2. The van der Waals surface area contributed by atoms with E-state index in [4.69, 9.17) is 17.0 Å². The highest BCUT2D eigenvalue weighted by Gasteiger charge is 2.12. The molecular formula is C19H26N3OS+. The predicted octanol–water partition coefficient (Wildman–Crippen LogP) is 2.04. The van der Waals surface area contributed by atoms with Crippen LogP contribution in [0.4, 0.5) is 5.69 Å². The molecule has 2 aromatic rings. The lowest BCUT2D eigenvalue weighted by molar-refractivity contribution is -0.857. The molecule has 0 bridgehead atoms. The van der Waals surface area contributed by atoms with Gasteiger partial charge in [0.15, 0.2) is 5.11 Å². The number of hydrogen-bond acceptors (Lipinski definition) is 2. The fourth-order valence-corrected chi connectivity index (χ4v) is 2.59. The molecule has 0 saturated carbocycles. The number of hydrogen-bond donors (Lipinski definition) is 2. The van der Waals surface area contributed by atoms with E-state index in [-0.39, 0.29) is 0 Å². The van der Waals surface area contributed by atoms with Crippen LogP contribution in [0.25, 0.3) is 0 Å². The summed E-state index contributed by atoms with van der Waals surface area (Å²) in [5.74, 6) is 0.815. The van der Waals surface area contributed by atoms with E-state index >= 15 is 0 Å². The van der Waals surface area contributed by atoms with Crippen LogP contribution >= 0.6 is 12.2 Å². The number of ether oxygens (including phenoxy) is 1. The lowest BCUT2D eigenvalue weighted by Crippen LogP contribution is -3.06. The number of nitrogens with zero attached hydrogens (tertiary/aromatic N) is 1. The number of thiocarbonyl (C=S) groups is 1. The highest BCUT2D eigenvalue weighted by molar-refractivity contribution is 7.80. The summed E-state index contributed by atoms with van der Waals surface area (Å²) in [7, 11) is 5.97. The first kappa shape index (κ1) is 18.2. The molecule has 0 aliphatic rings. The van der Waals surface area contributed by atoms with Crippen molar-refractivity contribution in [2.45, 2.75) is 6.54 Å². The molecule has 2 rings (SSSR count). The molecule has 0 aromatic heterocycles. The van der Waals surface area contributed by atoms with Crippen LogP contribution < -0.4 is 15.0 Å². The number of methoxy groups -OCH3 is 1. The predicted molar refractivity (Wildman–Crippen MR) is 104 cm³/mol. The maximum atomic E-state index is 5.65. The van der Waals surface area contributed by atoms with Crippen molar-refractivity contribution in [1.82, 2.24) is 4.90 Å². The largest absolute Gasteiger partial charge is 0.497 e. The minimum atomic E-state index is 0.730. The third kappa shape index (κ3) is 5.83. The first-order valence-corrected chi connectivity index (χ1v) is 8.52. The third-order valence-electron chi connectivity index (χ3n) is 3.71. The summed E-state index contributed by atoms with van der Waals surface area (Å²) in [6.45, 7) is 2.71. The van der Waals surface area contributed by atoms with Gasteiger partial charge < -0.3 is 19.9 Å². The van der Waals surface area contributed by atoms with Crippen molar-refractivity contribution in [2.75, 3.05) is 39.6 Å². The second-order valence-electron chi connectivity index (χ2n) is 6.03. The van der Waals surface area contributed by atoms with Gasteiger partial charge in [-0.2, -0.15) is 0 Å². The fourth-order valence-electron chi connectivity index (χ4n) is 2.32. The van der Waals surface area contributed by atoms with Gasteiger partial charge in [0.1, 0.15) is 5.75 Å². The quantitative estimate of drug-likeness (QED) is 0.752. The zero-order chi connectivity index (χ0) is 17.4. The summed E-state index contributed by atoms with van der Waals surface area (Å²) in [6, 6.07) is 18.2. The van der Waals surface area contributed by atoms with Crippen molar-refractivity contribution >= 4 is 23.0 Å². The number of anilines is 1. The summed E-state index contributed by atoms with van der Waals surface area (Å²) in [6.07, 6.45) is 0. The van der Waals surface area contributed by atoms with Gasteiger partial charge in [-0.1, -0.05) is 36.4 Å². The third-order valence-corrected chi connectivity index (χ3v) is 4.07. The Kier molecular flexibility index (Phi) is 7.03. The molecule has 2 N–H and O–H groups in total. The Labute approximate surface area is 150 Å². The van der Waals surface area contributed by atoms with Gasteiger partial charge in [0.25, 0.3) is 0 Å². The summed E-state index contributed by atoms with van der Waals surface area (Å²) in [5, 5.41) is 4.06. The van der Waals surface area contributed by atoms with Crippen molar-refractivity contribution in [3.8, 4) is 5.75 Å². The molecule has 0 radical (unpaired) electrons. The molecule has 0 aliphatic carbocycles. The molecular weight excluding hydrogens is 318 g/mol. The van der Waals surface area contributed by atoms with E-state index < -0.39 is 0 Å². The van der Waals surface area contributed by atoms with Gasteiger partial charge >= 0.3 is 0 Å². The smallest absolute Gasteiger partial charge is 0.173 e. The van der Waals surface area contributed by atoms with Crippen LogP contribution in [-0.4, -0.2) is 44.3 Å². The second kappa shape index (κ2) is 9.25. The van der Waals surface area contributed by atoms with Gasteiger partial charge in [-0.3, -0.25) is 0 Å². The van der Waals surface area contributed by atoms with Crippen molar-refractivity contribution in [3.63, 3.8) is 0 Å². The van der Waals surface area contributed by atoms with Crippen molar-refractivity contribution in [2.24, 2.45) is 0 Å². The molecule has 0 heterocycles. The van der Waals surface area contributed by atoms with Crippen LogP contribution in [-0.2, 0) is 6.54 Å². The first-order valence-electron chi connectivity index (χ1n) is 8.11. The highest BCUT2D eigenvalue weighted by atomic mass is 32.1. The van der Waals surface area contributed by atoms with Gasteiger partial charge in [-0.05, 0) is 29.9 Å². The van der Waals surface area contributed by atoms with Gasteiger partial charge in [-0.25, -0.2) is 0 Å². The molecule has 0 atom stereocenters. The van der Waals surface area contributed by atoms with Gasteiger partial charge in [-0.15, -0.1) is 0 Å². The Morgan fingerprint density at radius 2 is 1.88 bits per heavy atom. The summed E-state index contributed by atoms with van der Waals surface area (Å²) in [4.78, 5) is 3.61. The Balaban J connectivity index is 2.07. The summed E-state index contributed by atoms with van der Waals surface area (Å²) < 4.78 is 5.27. The summed E-state index contributed by atoms with van der Waals surface area (Å²) in [5.41, 5.74) is 2.19. The monoisotopic (exact) mass is 344 g/mol. The Hall–Kier alpha value is -2.11. The summed E-state index contributed by atoms with van der Waals surface area (Å²) >= 11 is 5.65. The number of likely N-dealkylation sites (N-methyl/N-ethyl adjacent to an activating group) is 1. The normalized spacial score (nSPS) is 10.5. The van der Waals surface area contributed by atoms with E-state index in [1.54, 1.807) is 7.11 Å². The fraction of sp³-hybridized carbons (Fsp3) is 0.316. The first-order chi connectivity index (χ1) is 11.6. The average molecular weight is 345 g/mol. The van der Waals surface area contributed by atoms with Gasteiger partial charge in [0.2, 0.25) is 0 Å². The molecule has 0 saturated heterocycles. The van der Waals surface area contributed by atoms with E-state index in [2.05, 4.69) is 48.6 Å². The Morgan fingerprint density at radius 1 is 1.12 bits per heavy atom. The lowest BCUT2D eigenvalue weighted by Gasteiger charge is -2.26. The van der Waals surface area contributed by atoms with Crippen LogP contribution in [0.3, 0.4) is 0 Å². The van der Waals surface area contributed by atoms with Crippen molar-refractivity contribution in [1.29, 1.82) is 0 Å². The van der Waals surface area contributed by atoms with E-state index in [1.165, 1.54) is 10.5 Å². The zero-order valence-electron chi connectivity index (χ0n) is 14.6. The topological polar surface area (TPSA) is 28.9 Å². The van der Waals surface area contributed by atoms with Gasteiger partial charge in [0.05, 0.1) is 34.3 Å². The standard InChI is InChI=1S/C19H25N3OS/c1-21(2)12-13-22(15-16-8-5-4-6-9-16)19(24)20-17-10-7-11-18(14-17)23-3/h4-11,14H,12-13,15H2,1-3H3,(H,20,24)/p+1. The SMILES string of the molecule is COc1cccc(NC(=S)N(CC[NH+](C)C)Cc2ccccc2)c1. The second-order valence-corrected chi connectivity index (χ2v) is 6.41. The molecule has 0 unspecified atom stereocenters. The van der Waals surface area contributed by atoms with Crippen LogP contribution in [0.2, 0.25) is 0 Å². The molecule has 128 valence electrons. The van der Waals surface area contributed by atoms with E-state index in [0.717, 1.165) is 36.2 Å². The number of quaternary nitrogens is 1. The number of rotatable bonds is 7. The van der Waals surface area contributed by atoms with Crippen LogP contribution in [0.15, 0.2) is 54.6 Å². The Morgan fingerprint density at radius 3 is 2.54 bits per heavy atom. The molecule has 2 aromatic carbocycles. The minimum Gasteiger partial charge on any atom is -0.497 e. The Bertz CT molecular complexity index is 646. The lowest BCUT2D eigenvalue weighted by atomic mass is 10.2. The maximum Gasteiger partial charge on any atom is 0.173 e. The molecule has 4 nitrogen and oxygen atoms in total. The molecule has 0 amide bonds. The van der Waals surface area contributed by atoms with E-state index in [0.29, 0.717) is 0 Å². The highest BCUT2D eigenvalue weighted by Crippen LogP contribution is 2.17. The molecule has 24 heavy (non-hydrogen) atoms. The zero-order valence-corrected chi connectivity index (χ0v) is 15.4. The van der Waals surface area contributed by atoms with Gasteiger partial charge in [0, 0.05) is 18.3 Å². The van der Waals surface area contributed by atoms with E-state index in [1.807, 2.05) is 30.3 Å². The van der Waals surface area contributed by atoms with Crippen LogP contribution in [0.1, 0.15) is 5.56 Å². The number of nitrogens with one attached hydrogen (secondary N) is 2. The molecule has 5 heteroatoms. The average Bonchev–Trinajstić information content (AvgIpc) is 2.59. The van der Waals surface area contributed by atoms with Crippen LogP contribution in [0, 0.1) is 0 Å². The molecule has 0 aliphatic heterocycles.